The molecule has 0 radical (unpaired) electrons. The maximum Gasteiger partial charge on any atom is 0.158 e. The molecule has 0 saturated carbocycles. The largest absolute Gasteiger partial charge is 0.384 e. The lowest BCUT2D eigenvalue weighted by Gasteiger charge is -2.27. The fourth-order valence-electron chi connectivity index (χ4n) is 2.00. The molecule has 0 aromatic carbocycles. The molecule has 2 rings (SSSR count). The van der Waals surface area contributed by atoms with Crippen molar-refractivity contribution in [3.05, 3.63) is 11.9 Å². The maximum atomic E-state index is 5.77. The number of anilines is 2. The SMILES string of the molecule is CCOCc1nc(N)cc(NN2CCCCC2)n1. The van der Waals surface area contributed by atoms with E-state index >= 15 is 0 Å². The highest BCUT2D eigenvalue weighted by Gasteiger charge is 2.11. The highest BCUT2D eigenvalue weighted by molar-refractivity contribution is 5.43. The first-order valence-corrected chi connectivity index (χ1v) is 6.50. The number of piperidine rings is 1. The topological polar surface area (TPSA) is 76.3 Å². The summed E-state index contributed by atoms with van der Waals surface area (Å²) < 4.78 is 5.30. The lowest BCUT2D eigenvalue weighted by molar-refractivity contribution is 0.128. The van der Waals surface area contributed by atoms with Crippen molar-refractivity contribution >= 4 is 11.6 Å². The molecule has 1 aromatic rings. The number of ether oxygens (including phenoxy) is 1. The van der Waals surface area contributed by atoms with Crippen molar-refractivity contribution in [3.8, 4) is 0 Å². The summed E-state index contributed by atoms with van der Waals surface area (Å²) in [5, 5.41) is 2.18. The molecular formula is C12H21N5O. The normalized spacial score (nSPS) is 16.7. The smallest absolute Gasteiger partial charge is 0.158 e. The zero-order valence-corrected chi connectivity index (χ0v) is 10.9. The fourth-order valence-corrected chi connectivity index (χ4v) is 2.00. The lowest BCUT2D eigenvalue weighted by Crippen LogP contribution is -2.35. The molecular weight excluding hydrogens is 230 g/mol. The van der Waals surface area contributed by atoms with Crippen molar-refractivity contribution < 1.29 is 4.74 Å². The molecule has 1 aromatic heterocycles. The lowest BCUT2D eigenvalue weighted by atomic mass is 10.2. The second-order valence-electron chi connectivity index (χ2n) is 4.39. The molecule has 1 aliphatic heterocycles. The van der Waals surface area contributed by atoms with Crippen LogP contribution in [-0.4, -0.2) is 34.7 Å². The highest BCUT2D eigenvalue weighted by Crippen LogP contribution is 2.13. The zero-order valence-electron chi connectivity index (χ0n) is 10.9. The predicted molar refractivity (Wildman–Crippen MR) is 70.8 cm³/mol. The number of nitrogen functional groups attached to an aromatic ring is 1. The number of nitrogens with one attached hydrogen (secondary N) is 1. The van der Waals surface area contributed by atoms with Crippen LogP contribution in [0, 0.1) is 0 Å². The van der Waals surface area contributed by atoms with Crippen LogP contribution in [0.1, 0.15) is 32.0 Å². The van der Waals surface area contributed by atoms with Crippen LogP contribution in [0.3, 0.4) is 0 Å². The van der Waals surface area contributed by atoms with Gasteiger partial charge in [-0.3, -0.25) is 0 Å². The Labute approximate surface area is 108 Å². The number of hydrazine groups is 1. The minimum Gasteiger partial charge on any atom is -0.384 e. The number of aromatic nitrogens is 2. The van der Waals surface area contributed by atoms with E-state index in [9.17, 15) is 0 Å². The van der Waals surface area contributed by atoms with Gasteiger partial charge in [-0.2, -0.15) is 0 Å². The Hall–Kier alpha value is -1.40. The van der Waals surface area contributed by atoms with Gasteiger partial charge in [0.25, 0.3) is 0 Å². The van der Waals surface area contributed by atoms with E-state index in [1.54, 1.807) is 6.07 Å². The Bertz CT molecular complexity index is 379. The van der Waals surface area contributed by atoms with Crippen molar-refractivity contribution in [1.82, 2.24) is 15.0 Å². The molecule has 100 valence electrons. The third-order valence-corrected chi connectivity index (χ3v) is 2.86. The van der Waals surface area contributed by atoms with E-state index in [1.165, 1.54) is 19.3 Å². The molecule has 1 aliphatic rings. The molecule has 2 heterocycles. The maximum absolute atomic E-state index is 5.77. The molecule has 6 nitrogen and oxygen atoms in total. The Kier molecular flexibility index (Phi) is 4.72. The van der Waals surface area contributed by atoms with Gasteiger partial charge >= 0.3 is 0 Å². The molecule has 0 bridgehead atoms. The van der Waals surface area contributed by atoms with Gasteiger partial charge in [0.2, 0.25) is 0 Å². The standard InChI is InChI=1S/C12H21N5O/c1-2-18-9-12-14-10(13)8-11(15-12)16-17-6-4-3-5-7-17/h8H,2-7,9H2,1H3,(H3,13,14,15,16). The van der Waals surface area contributed by atoms with Gasteiger partial charge in [0.05, 0.1) is 0 Å². The average molecular weight is 251 g/mol. The highest BCUT2D eigenvalue weighted by atomic mass is 16.5. The molecule has 3 N–H and O–H groups in total. The zero-order chi connectivity index (χ0) is 12.8. The third kappa shape index (κ3) is 3.82. The van der Waals surface area contributed by atoms with Crippen LogP contribution >= 0.6 is 0 Å². The first kappa shape index (κ1) is 13.0. The summed E-state index contributed by atoms with van der Waals surface area (Å²) in [5.41, 5.74) is 9.06. The summed E-state index contributed by atoms with van der Waals surface area (Å²) in [6, 6.07) is 1.75. The Morgan fingerprint density at radius 3 is 2.83 bits per heavy atom. The van der Waals surface area contributed by atoms with Crippen molar-refractivity contribution in [2.24, 2.45) is 0 Å². The predicted octanol–water partition coefficient (Wildman–Crippen LogP) is 1.41. The third-order valence-electron chi connectivity index (χ3n) is 2.86. The Morgan fingerprint density at radius 2 is 2.11 bits per heavy atom. The summed E-state index contributed by atoms with van der Waals surface area (Å²) >= 11 is 0. The number of hydrogen-bond donors (Lipinski definition) is 2. The van der Waals surface area contributed by atoms with E-state index in [0.29, 0.717) is 24.9 Å². The van der Waals surface area contributed by atoms with E-state index in [0.717, 1.165) is 18.9 Å². The molecule has 0 spiro atoms. The number of rotatable bonds is 5. The van der Waals surface area contributed by atoms with Gasteiger partial charge in [-0.1, -0.05) is 6.42 Å². The van der Waals surface area contributed by atoms with Gasteiger partial charge in [0.1, 0.15) is 18.2 Å². The van der Waals surface area contributed by atoms with Gasteiger partial charge in [-0.25, -0.2) is 15.0 Å². The van der Waals surface area contributed by atoms with E-state index in [4.69, 9.17) is 10.5 Å². The molecule has 0 unspecified atom stereocenters. The van der Waals surface area contributed by atoms with Gasteiger partial charge in [0.15, 0.2) is 5.82 Å². The van der Waals surface area contributed by atoms with E-state index in [-0.39, 0.29) is 0 Å². The number of nitrogens with zero attached hydrogens (tertiary/aromatic N) is 3. The van der Waals surface area contributed by atoms with Crippen LogP contribution in [0.4, 0.5) is 11.6 Å². The first-order chi connectivity index (χ1) is 8.78. The molecule has 1 fully saturated rings. The average Bonchev–Trinajstić information content (AvgIpc) is 2.37. The van der Waals surface area contributed by atoms with Crippen LogP contribution in [0.2, 0.25) is 0 Å². The summed E-state index contributed by atoms with van der Waals surface area (Å²) in [6.07, 6.45) is 3.75. The quantitative estimate of drug-likeness (QED) is 0.824. The second-order valence-corrected chi connectivity index (χ2v) is 4.39. The van der Waals surface area contributed by atoms with Crippen molar-refractivity contribution in [1.29, 1.82) is 0 Å². The minimum atomic E-state index is 0.399. The molecule has 18 heavy (non-hydrogen) atoms. The minimum absolute atomic E-state index is 0.399. The Morgan fingerprint density at radius 1 is 1.33 bits per heavy atom. The van der Waals surface area contributed by atoms with E-state index in [1.807, 2.05) is 6.92 Å². The van der Waals surface area contributed by atoms with Gasteiger partial charge in [-0.05, 0) is 19.8 Å². The fraction of sp³-hybridized carbons (Fsp3) is 0.667. The van der Waals surface area contributed by atoms with Crippen molar-refractivity contribution in [3.63, 3.8) is 0 Å². The molecule has 0 amide bonds. The molecule has 6 heteroatoms. The van der Waals surface area contributed by atoms with Crippen LogP contribution in [0.5, 0.6) is 0 Å². The van der Waals surface area contributed by atoms with E-state index < -0.39 is 0 Å². The van der Waals surface area contributed by atoms with Crippen LogP contribution in [-0.2, 0) is 11.3 Å². The van der Waals surface area contributed by atoms with Crippen molar-refractivity contribution in [2.75, 3.05) is 30.9 Å². The van der Waals surface area contributed by atoms with Crippen LogP contribution in [0.25, 0.3) is 0 Å². The molecule has 1 saturated heterocycles. The van der Waals surface area contributed by atoms with Gasteiger partial charge in [-0.15, -0.1) is 0 Å². The Balaban J connectivity index is 1.99. The molecule has 0 aliphatic carbocycles. The van der Waals surface area contributed by atoms with E-state index in [2.05, 4.69) is 20.4 Å². The summed E-state index contributed by atoms with van der Waals surface area (Å²) in [7, 11) is 0. The second kappa shape index (κ2) is 6.51. The summed E-state index contributed by atoms with van der Waals surface area (Å²) in [4.78, 5) is 8.54. The number of nitrogens with two attached hydrogens (primary N) is 1. The summed E-state index contributed by atoms with van der Waals surface area (Å²) in [6.45, 7) is 5.08. The van der Waals surface area contributed by atoms with Gasteiger partial charge < -0.3 is 15.9 Å². The van der Waals surface area contributed by atoms with Crippen LogP contribution in [0.15, 0.2) is 6.07 Å². The van der Waals surface area contributed by atoms with Gasteiger partial charge in [0, 0.05) is 25.8 Å². The monoisotopic (exact) mass is 251 g/mol. The number of hydrogen-bond acceptors (Lipinski definition) is 6. The van der Waals surface area contributed by atoms with Crippen molar-refractivity contribution in [2.45, 2.75) is 32.8 Å². The van der Waals surface area contributed by atoms with Crippen LogP contribution < -0.4 is 11.2 Å². The summed E-state index contributed by atoms with van der Waals surface area (Å²) in [5.74, 6) is 1.84. The molecule has 0 atom stereocenters. The first-order valence-electron chi connectivity index (χ1n) is 6.50.